The summed E-state index contributed by atoms with van der Waals surface area (Å²) in [6, 6.07) is 5.48. The van der Waals surface area contributed by atoms with Crippen LogP contribution in [0.2, 0.25) is 5.02 Å². The second kappa shape index (κ2) is 5.61. The molecule has 0 bridgehead atoms. The van der Waals surface area contributed by atoms with Gasteiger partial charge in [-0.2, -0.15) is 0 Å². The fraction of sp³-hybridized carbons (Fsp3) is 0.357. The van der Waals surface area contributed by atoms with E-state index in [1.165, 1.54) is 16.2 Å². The number of hydrogen-bond acceptors (Lipinski definition) is 4. The highest BCUT2D eigenvalue weighted by Gasteiger charge is 2.29. The molecule has 21 heavy (non-hydrogen) atoms. The van der Waals surface area contributed by atoms with E-state index in [1.54, 1.807) is 6.07 Å². The third-order valence-corrected chi connectivity index (χ3v) is 5.06. The molecule has 0 aliphatic carbocycles. The summed E-state index contributed by atoms with van der Waals surface area (Å²) in [5.41, 5.74) is 0.662. The molecule has 5 nitrogen and oxygen atoms in total. The number of rotatable bonds is 2. The SMILES string of the molecule is O=C(c1nc2c(Cl)cccc2s1)C1CCN(C(=O)O)CC1. The van der Waals surface area contributed by atoms with E-state index < -0.39 is 6.09 Å². The van der Waals surface area contributed by atoms with Crippen LogP contribution in [-0.2, 0) is 0 Å². The number of Topliss-reactive ketones (excluding diaryl/α,β-unsaturated/α-hetero) is 1. The number of fused-ring (bicyclic) bond motifs is 1. The smallest absolute Gasteiger partial charge is 0.407 e. The summed E-state index contributed by atoms with van der Waals surface area (Å²) in [5, 5.41) is 9.93. The van der Waals surface area contributed by atoms with Gasteiger partial charge in [0.15, 0.2) is 10.8 Å². The summed E-state index contributed by atoms with van der Waals surface area (Å²) in [5.74, 6) is -0.155. The maximum Gasteiger partial charge on any atom is 0.407 e. The van der Waals surface area contributed by atoms with Crippen molar-refractivity contribution in [2.75, 3.05) is 13.1 Å². The number of carboxylic acid groups (broad SMARTS) is 1. The van der Waals surface area contributed by atoms with E-state index >= 15 is 0 Å². The number of amides is 1. The molecule has 1 aliphatic rings. The first-order chi connectivity index (χ1) is 10.1. The predicted molar refractivity (Wildman–Crippen MR) is 81.3 cm³/mol. The molecule has 0 unspecified atom stereocenters. The molecule has 0 spiro atoms. The monoisotopic (exact) mass is 324 g/mol. The summed E-state index contributed by atoms with van der Waals surface area (Å²) in [4.78, 5) is 29.1. The van der Waals surface area contributed by atoms with Gasteiger partial charge < -0.3 is 10.0 Å². The third-order valence-electron chi connectivity index (χ3n) is 3.72. The van der Waals surface area contributed by atoms with Crippen LogP contribution < -0.4 is 0 Å². The molecule has 2 aromatic rings. The van der Waals surface area contributed by atoms with Gasteiger partial charge in [-0.1, -0.05) is 17.7 Å². The largest absolute Gasteiger partial charge is 0.465 e. The van der Waals surface area contributed by atoms with Crippen LogP contribution in [0.3, 0.4) is 0 Å². The van der Waals surface area contributed by atoms with Gasteiger partial charge in [-0.15, -0.1) is 11.3 Å². The zero-order chi connectivity index (χ0) is 15.0. The van der Waals surface area contributed by atoms with E-state index in [0.717, 1.165) is 4.70 Å². The topological polar surface area (TPSA) is 70.5 Å². The Bertz CT molecular complexity index is 707. The number of carbonyl (C=O) groups excluding carboxylic acids is 1. The molecular formula is C14H13ClN2O3S. The zero-order valence-electron chi connectivity index (χ0n) is 11.1. The first-order valence-electron chi connectivity index (χ1n) is 6.63. The number of benzene rings is 1. The van der Waals surface area contributed by atoms with E-state index in [9.17, 15) is 9.59 Å². The van der Waals surface area contributed by atoms with Gasteiger partial charge in [0.2, 0.25) is 0 Å². The Labute approximate surface area is 130 Å². The summed E-state index contributed by atoms with van der Waals surface area (Å²) >= 11 is 7.42. The molecule has 1 aromatic heterocycles. The molecule has 3 rings (SSSR count). The molecule has 1 saturated heterocycles. The number of likely N-dealkylation sites (tertiary alicyclic amines) is 1. The van der Waals surface area contributed by atoms with E-state index in [4.69, 9.17) is 16.7 Å². The van der Waals surface area contributed by atoms with Crippen molar-refractivity contribution in [2.24, 2.45) is 5.92 Å². The number of hydrogen-bond donors (Lipinski definition) is 1. The van der Waals surface area contributed by atoms with Crippen LogP contribution in [0, 0.1) is 5.92 Å². The van der Waals surface area contributed by atoms with Crippen molar-refractivity contribution in [2.45, 2.75) is 12.8 Å². The Morgan fingerprint density at radius 3 is 2.67 bits per heavy atom. The summed E-state index contributed by atoms with van der Waals surface area (Å²) in [7, 11) is 0. The normalized spacial score (nSPS) is 16.3. The highest BCUT2D eigenvalue weighted by molar-refractivity contribution is 7.20. The average molecular weight is 325 g/mol. The Hall–Kier alpha value is -1.66. The van der Waals surface area contributed by atoms with Crippen LogP contribution in [0.5, 0.6) is 0 Å². The highest BCUT2D eigenvalue weighted by Crippen LogP contribution is 2.31. The van der Waals surface area contributed by atoms with E-state index in [1.807, 2.05) is 12.1 Å². The van der Waals surface area contributed by atoms with Gasteiger partial charge in [0.05, 0.1) is 9.72 Å². The Balaban J connectivity index is 1.78. The number of para-hydroxylation sites is 1. The maximum absolute atomic E-state index is 12.5. The van der Waals surface area contributed by atoms with Gasteiger partial charge in [0.1, 0.15) is 5.52 Å². The number of carbonyl (C=O) groups is 2. The Morgan fingerprint density at radius 1 is 1.33 bits per heavy atom. The second-order valence-electron chi connectivity index (χ2n) is 5.01. The molecular weight excluding hydrogens is 312 g/mol. The van der Waals surface area contributed by atoms with Gasteiger partial charge in [-0.3, -0.25) is 4.79 Å². The van der Waals surface area contributed by atoms with Crippen molar-refractivity contribution in [3.05, 3.63) is 28.2 Å². The Kier molecular flexibility index (Phi) is 3.82. The van der Waals surface area contributed by atoms with E-state index in [2.05, 4.69) is 4.98 Å². The maximum atomic E-state index is 12.5. The van der Waals surface area contributed by atoms with Gasteiger partial charge in [0.25, 0.3) is 0 Å². The first-order valence-corrected chi connectivity index (χ1v) is 7.83. The molecule has 2 heterocycles. The standard InChI is InChI=1S/C14H13ClN2O3S/c15-9-2-1-3-10-11(9)16-13(21-10)12(18)8-4-6-17(7-5-8)14(19)20/h1-3,8H,4-7H2,(H,19,20). The quantitative estimate of drug-likeness (QED) is 0.858. The minimum absolute atomic E-state index is 0.00249. The lowest BCUT2D eigenvalue weighted by Crippen LogP contribution is -2.39. The fourth-order valence-electron chi connectivity index (χ4n) is 2.53. The minimum atomic E-state index is -0.923. The average Bonchev–Trinajstić information content (AvgIpc) is 2.92. The van der Waals surface area contributed by atoms with Crippen LogP contribution in [0.4, 0.5) is 4.79 Å². The van der Waals surface area contributed by atoms with Gasteiger partial charge in [0, 0.05) is 19.0 Å². The molecule has 1 amide bonds. The number of aromatic nitrogens is 1. The zero-order valence-corrected chi connectivity index (χ0v) is 12.7. The molecule has 0 saturated carbocycles. The molecule has 1 aliphatic heterocycles. The fourth-order valence-corrected chi connectivity index (χ4v) is 3.81. The lowest BCUT2D eigenvalue weighted by Gasteiger charge is -2.28. The number of piperidine rings is 1. The van der Waals surface area contributed by atoms with E-state index in [0.29, 0.717) is 41.5 Å². The lowest BCUT2D eigenvalue weighted by molar-refractivity contribution is 0.0821. The van der Waals surface area contributed by atoms with Crippen molar-refractivity contribution in [3.8, 4) is 0 Å². The third kappa shape index (κ3) is 2.73. The van der Waals surface area contributed by atoms with Gasteiger partial charge in [-0.05, 0) is 25.0 Å². The summed E-state index contributed by atoms with van der Waals surface area (Å²) in [6.45, 7) is 0.800. The number of ketones is 1. The molecule has 1 aromatic carbocycles. The van der Waals surface area contributed by atoms with Gasteiger partial charge >= 0.3 is 6.09 Å². The first kappa shape index (κ1) is 14.3. The molecule has 0 radical (unpaired) electrons. The van der Waals surface area contributed by atoms with Crippen LogP contribution in [0.25, 0.3) is 10.2 Å². The van der Waals surface area contributed by atoms with Crippen molar-refractivity contribution in [3.63, 3.8) is 0 Å². The van der Waals surface area contributed by atoms with Crippen molar-refractivity contribution in [1.82, 2.24) is 9.88 Å². The van der Waals surface area contributed by atoms with Crippen molar-refractivity contribution >= 4 is 45.0 Å². The molecule has 0 atom stereocenters. The van der Waals surface area contributed by atoms with E-state index in [-0.39, 0.29) is 11.7 Å². The molecule has 1 N–H and O–H groups in total. The highest BCUT2D eigenvalue weighted by atomic mass is 35.5. The van der Waals surface area contributed by atoms with Crippen molar-refractivity contribution in [1.29, 1.82) is 0 Å². The number of thiazole rings is 1. The molecule has 110 valence electrons. The van der Waals surface area contributed by atoms with Crippen molar-refractivity contribution < 1.29 is 14.7 Å². The lowest BCUT2D eigenvalue weighted by atomic mass is 9.93. The summed E-state index contributed by atoms with van der Waals surface area (Å²) < 4.78 is 0.897. The number of nitrogens with zero attached hydrogens (tertiary/aromatic N) is 2. The van der Waals surface area contributed by atoms with Crippen LogP contribution in [0.1, 0.15) is 22.6 Å². The minimum Gasteiger partial charge on any atom is -0.465 e. The van der Waals surface area contributed by atoms with Gasteiger partial charge in [-0.25, -0.2) is 9.78 Å². The summed E-state index contributed by atoms with van der Waals surface area (Å²) in [6.07, 6.45) is 0.177. The molecule has 1 fully saturated rings. The predicted octanol–water partition coefficient (Wildman–Crippen LogP) is 3.52. The van der Waals surface area contributed by atoms with Crippen LogP contribution in [-0.4, -0.2) is 40.0 Å². The van der Waals surface area contributed by atoms with Crippen LogP contribution in [0.15, 0.2) is 18.2 Å². The number of halogens is 1. The second-order valence-corrected chi connectivity index (χ2v) is 6.45. The Morgan fingerprint density at radius 2 is 2.05 bits per heavy atom. The molecule has 7 heteroatoms. The van der Waals surface area contributed by atoms with Crippen LogP contribution >= 0.6 is 22.9 Å².